The third-order valence-corrected chi connectivity index (χ3v) is 5.62. The van der Waals surface area contributed by atoms with Crippen LogP contribution in [0.3, 0.4) is 0 Å². The van der Waals surface area contributed by atoms with E-state index in [4.69, 9.17) is 0 Å². The number of benzene rings is 1. The number of hydrogen-bond acceptors (Lipinski definition) is 6. The van der Waals surface area contributed by atoms with Crippen LogP contribution < -0.4 is 15.8 Å². The molecule has 3 aromatic rings. The van der Waals surface area contributed by atoms with Gasteiger partial charge in [-0.1, -0.05) is 6.92 Å². The summed E-state index contributed by atoms with van der Waals surface area (Å²) >= 11 is 0. The van der Waals surface area contributed by atoms with E-state index in [1.54, 1.807) is 19.1 Å². The molecule has 10 heteroatoms. The standard InChI is InChI=1S/C22H24F2N6O2/c1-3-15-22(32)28-17-11-13(10-14(23)19(17)26-15)12-29-6-8-30(9-7-29)18-5-4-16(21(31)25-2)27-20(18)24/h4-5,10-11H,3,6-9,12H2,1-2H3,(H,25,31)(H,28,32). The number of halogens is 2. The first-order valence-corrected chi connectivity index (χ1v) is 10.5. The van der Waals surface area contributed by atoms with Crippen molar-refractivity contribution in [1.29, 1.82) is 0 Å². The normalized spacial score (nSPS) is 14.7. The Hall–Kier alpha value is -3.40. The van der Waals surface area contributed by atoms with Gasteiger partial charge >= 0.3 is 0 Å². The number of aryl methyl sites for hydroxylation is 1. The number of nitrogens with zero attached hydrogens (tertiary/aromatic N) is 4. The van der Waals surface area contributed by atoms with Gasteiger partial charge in [0.15, 0.2) is 5.82 Å². The predicted molar refractivity (Wildman–Crippen MR) is 117 cm³/mol. The maximum absolute atomic E-state index is 14.6. The number of aromatic amines is 1. The van der Waals surface area contributed by atoms with Crippen molar-refractivity contribution in [2.45, 2.75) is 19.9 Å². The molecule has 0 aliphatic carbocycles. The van der Waals surface area contributed by atoms with Gasteiger partial charge in [0, 0.05) is 39.8 Å². The van der Waals surface area contributed by atoms with Crippen LogP contribution in [-0.4, -0.2) is 59.0 Å². The number of hydrogen-bond donors (Lipinski definition) is 2. The molecule has 1 aromatic carbocycles. The van der Waals surface area contributed by atoms with Crippen molar-refractivity contribution in [1.82, 2.24) is 25.2 Å². The molecular formula is C22H24F2N6O2. The van der Waals surface area contributed by atoms with Gasteiger partial charge < -0.3 is 15.2 Å². The lowest BCUT2D eigenvalue weighted by molar-refractivity contribution is 0.0957. The molecule has 4 rings (SSSR count). The number of piperazine rings is 1. The van der Waals surface area contributed by atoms with Crippen LogP contribution in [0.5, 0.6) is 0 Å². The lowest BCUT2D eigenvalue weighted by atomic mass is 10.1. The Bertz CT molecular complexity index is 1220. The number of aromatic nitrogens is 3. The Balaban J connectivity index is 1.45. The highest BCUT2D eigenvalue weighted by molar-refractivity contribution is 5.92. The van der Waals surface area contributed by atoms with Gasteiger partial charge in [0.2, 0.25) is 5.95 Å². The van der Waals surface area contributed by atoms with E-state index in [9.17, 15) is 18.4 Å². The maximum atomic E-state index is 14.6. The van der Waals surface area contributed by atoms with Crippen LogP contribution in [0.2, 0.25) is 0 Å². The van der Waals surface area contributed by atoms with Crippen LogP contribution in [0.4, 0.5) is 14.5 Å². The third-order valence-electron chi connectivity index (χ3n) is 5.62. The van der Waals surface area contributed by atoms with Crippen LogP contribution in [0.15, 0.2) is 29.1 Å². The van der Waals surface area contributed by atoms with E-state index < -0.39 is 17.7 Å². The van der Waals surface area contributed by atoms with E-state index >= 15 is 0 Å². The molecule has 2 N–H and O–H groups in total. The van der Waals surface area contributed by atoms with E-state index in [-0.39, 0.29) is 16.8 Å². The molecule has 32 heavy (non-hydrogen) atoms. The van der Waals surface area contributed by atoms with Gasteiger partial charge in [0.1, 0.15) is 16.9 Å². The molecule has 1 aliphatic rings. The van der Waals surface area contributed by atoms with Crippen LogP contribution in [0.1, 0.15) is 28.7 Å². The summed E-state index contributed by atoms with van der Waals surface area (Å²) in [5.74, 6) is -1.59. The number of nitrogens with one attached hydrogen (secondary N) is 2. The molecule has 2 aromatic heterocycles. The lowest BCUT2D eigenvalue weighted by Gasteiger charge is -2.36. The van der Waals surface area contributed by atoms with E-state index in [0.29, 0.717) is 56.0 Å². The van der Waals surface area contributed by atoms with E-state index in [1.807, 2.05) is 4.90 Å². The number of H-pyrrole nitrogens is 1. The Kier molecular flexibility index (Phi) is 6.13. The average Bonchev–Trinajstić information content (AvgIpc) is 2.78. The van der Waals surface area contributed by atoms with Gasteiger partial charge in [-0.3, -0.25) is 14.5 Å². The van der Waals surface area contributed by atoms with Gasteiger partial charge in [-0.2, -0.15) is 4.39 Å². The minimum atomic E-state index is -0.681. The number of pyridine rings is 1. The molecule has 0 atom stereocenters. The highest BCUT2D eigenvalue weighted by atomic mass is 19.1. The summed E-state index contributed by atoms with van der Waals surface area (Å²) in [5.41, 5.74) is 1.67. The molecule has 0 spiro atoms. The van der Waals surface area contributed by atoms with E-state index in [0.717, 1.165) is 5.56 Å². The third kappa shape index (κ3) is 4.31. The van der Waals surface area contributed by atoms with E-state index in [1.165, 1.54) is 19.2 Å². The fourth-order valence-corrected chi connectivity index (χ4v) is 3.90. The second-order valence-corrected chi connectivity index (χ2v) is 7.69. The van der Waals surface area contributed by atoms with Crippen molar-refractivity contribution < 1.29 is 13.6 Å². The average molecular weight is 442 g/mol. The fourth-order valence-electron chi connectivity index (χ4n) is 3.90. The number of amides is 1. The molecule has 0 bridgehead atoms. The Morgan fingerprint density at radius 2 is 1.91 bits per heavy atom. The summed E-state index contributed by atoms with van der Waals surface area (Å²) in [6.07, 6.45) is 0.432. The highest BCUT2D eigenvalue weighted by Gasteiger charge is 2.22. The monoisotopic (exact) mass is 442 g/mol. The summed E-state index contributed by atoms with van der Waals surface area (Å²) in [5, 5.41) is 2.42. The van der Waals surface area contributed by atoms with Crippen LogP contribution in [0, 0.1) is 11.8 Å². The number of carbonyl (C=O) groups is 1. The molecular weight excluding hydrogens is 418 g/mol. The van der Waals surface area contributed by atoms with Crippen molar-refractivity contribution in [3.63, 3.8) is 0 Å². The van der Waals surface area contributed by atoms with Gasteiger partial charge in [-0.25, -0.2) is 14.4 Å². The SMILES string of the molecule is CCc1nc2c(F)cc(CN3CCN(c4ccc(C(=O)NC)nc4F)CC3)cc2[nH]c1=O. The summed E-state index contributed by atoms with van der Waals surface area (Å²) in [4.78, 5) is 38.3. The molecule has 0 unspecified atom stereocenters. The topological polar surface area (TPSA) is 94.2 Å². The molecule has 1 aliphatic heterocycles. The fraction of sp³-hybridized carbons (Fsp3) is 0.364. The summed E-state index contributed by atoms with van der Waals surface area (Å²) < 4.78 is 29.0. The first kappa shape index (κ1) is 21.8. The molecule has 3 heterocycles. The number of anilines is 1. The summed E-state index contributed by atoms with van der Waals surface area (Å²) in [6.45, 7) is 4.69. The molecule has 0 radical (unpaired) electrons. The molecule has 168 valence electrons. The number of fused-ring (bicyclic) bond motifs is 1. The van der Waals surface area contributed by atoms with Crippen molar-refractivity contribution >= 4 is 22.6 Å². The minimum absolute atomic E-state index is 0.0318. The molecule has 8 nitrogen and oxygen atoms in total. The molecule has 0 saturated carbocycles. The van der Waals surface area contributed by atoms with Gasteiger partial charge in [-0.15, -0.1) is 0 Å². The second kappa shape index (κ2) is 8.99. The van der Waals surface area contributed by atoms with Gasteiger partial charge in [0.05, 0.1) is 11.2 Å². The zero-order chi connectivity index (χ0) is 22.8. The largest absolute Gasteiger partial charge is 0.365 e. The Labute approximate surface area is 183 Å². The van der Waals surface area contributed by atoms with Gasteiger partial charge in [0.25, 0.3) is 11.5 Å². The number of rotatable bonds is 5. The number of carbonyl (C=O) groups excluding carboxylic acids is 1. The van der Waals surface area contributed by atoms with Crippen molar-refractivity contribution in [2.75, 3.05) is 38.1 Å². The van der Waals surface area contributed by atoms with E-state index in [2.05, 4.69) is 25.2 Å². The molecule has 1 saturated heterocycles. The first-order valence-electron chi connectivity index (χ1n) is 10.5. The first-order chi connectivity index (χ1) is 15.4. The smallest absolute Gasteiger partial charge is 0.270 e. The van der Waals surface area contributed by atoms with Crippen molar-refractivity contribution in [3.8, 4) is 0 Å². The van der Waals surface area contributed by atoms with Crippen LogP contribution in [-0.2, 0) is 13.0 Å². The van der Waals surface area contributed by atoms with Crippen molar-refractivity contribution in [2.24, 2.45) is 0 Å². The maximum Gasteiger partial charge on any atom is 0.270 e. The predicted octanol–water partition coefficient (Wildman–Crippen LogP) is 1.84. The Morgan fingerprint density at radius 3 is 2.56 bits per heavy atom. The zero-order valence-electron chi connectivity index (χ0n) is 17.9. The van der Waals surface area contributed by atoms with Crippen LogP contribution in [0.25, 0.3) is 11.0 Å². The molecule has 1 fully saturated rings. The summed E-state index contributed by atoms with van der Waals surface area (Å²) in [6, 6.07) is 6.26. The molecule has 1 amide bonds. The zero-order valence-corrected chi connectivity index (χ0v) is 17.9. The van der Waals surface area contributed by atoms with Crippen LogP contribution >= 0.6 is 0 Å². The quantitative estimate of drug-likeness (QED) is 0.586. The highest BCUT2D eigenvalue weighted by Crippen LogP contribution is 2.22. The lowest BCUT2D eigenvalue weighted by Crippen LogP contribution is -2.46. The van der Waals surface area contributed by atoms with Crippen molar-refractivity contribution in [3.05, 3.63) is 63.3 Å². The minimum Gasteiger partial charge on any atom is -0.365 e. The van der Waals surface area contributed by atoms with Gasteiger partial charge in [-0.05, 0) is 36.2 Å². The second-order valence-electron chi connectivity index (χ2n) is 7.69. The Morgan fingerprint density at radius 1 is 1.16 bits per heavy atom. The summed E-state index contributed by atoms with van der Waals surface area (Å²) in [7, 11) is 1.47.